The molecule has 2 aliphatic rings. The molecule has 1 amide bonds. The molecule has 5 nitrogen and oxygen atoms in total. The molecule has 0 aliphatic carbocycles. The van der Waals surface area contributed by atoms with E-state index in [4.69, 9.17) is 4.74 Å². The molecule has 0 N–H and O–H groups in total. The number of hydrogen-bond acceptors (Lipinski definition) is 4. The lowest BCUT2D eigenvalue weighted by Crippen LogP contribution is -2.54. The van der Waals surface area contributed by atoms with Gasteiger partial charge >= 0.3 is 0 Å². The second kappa shape index (κ2) is 7.43. The summed E-state index contributed by atoms with van der Waals surface area (Å²) >= 11 is 0. The zero-order chi connectivity index (χ0) is 18.9. The lowest BCUT2D eigenvalue weighted by Gasteiger charge is -2.37. The summed E-state index contributed by atoms with van der Waals surface area (Å²) in [5.74, 6) is 0.152. The number of amides is 1. The Labute approximate surface area is 161 Å². The van der Waals surface area contributed by atoms with Crippen molar-refractivity contribution in [3.05, 3.63) is 65.7 Å². The van der Waals surface area contributed by atoms with Crippen molar-refractivity contribution in [1.29, 1.82) is 0 Å². The van der Waals surface area contributed by atoms with E-state index >= 15 is 0 Å². The van der Waals surface area contributed by atoms with Crippen molar-refractivity contribution in [2.24, 2.45) is 0 Å². The highest BCUT2D eigenvalue weighted by Gasteiger charge is 2.53. The fourth-order valence-corrected chi connectivity index (χ4v) is 4.24. The van der Waals surface area contributed by atoms with E-state index in [0.717, 1.165) is 42.9 Å². The van der Waals surface area contributed by atoms with Gasteiger partial charge in [0.15, 0.2) is 0 Å². The Bertz CT molecular complexity index is 802. The highest BCUT2D eigenvalue weighted by molar-refractivity contribution is 6.09. The van der Waals surface area contributed by atoms with Crippen molar-refractivity contribution < 1.29 is 9.53 Å². The maximum Gasteiger partial charge on any atom is 0.256 e. The molecule has 2 aromatic carbocycles. The summed E-state index contributed by atoms with van der Waals surface area (Å²) in [6, 6.07) is 18.5. The predicted octanol–water partition coefficient (Wildman–Crippen LogP) is 2.52. The number of morpholine rings is 1. The Hall–Kier alpha value is -2.21. The van der Waals surface area contributed by atoms with Gasteiger partial charge in [-0.15, -0.1) is 0 Å². The fraction of sp³-hybridized carbons (Fsp3) is 0.409. The zero-order valence-corrected chi connectivity index (χ0v) is 16.1. The molecule has 1 atom stereocenters. The van der Waals surface area contributed by atoms with Crippen LogP contribution in [-0.2, 0) is 14.9 Å². The van der Waals surface area contributed by atoms with Gasteiger partial charge in [-0.25, -0.2) is 10.0 Å². The maximum absolute atomic E-state index is 14.0. The van der Waals surface area contributed by atoms with E-state index in [1.807, 2.05) is 35.3 Å². The summed E-state index contributed by atoms with van der Waals surface area (Å²) in [5.41, 5.74) is 2.53. The molecule has 1 fully saturated rings. The van der Waals surface area contributed by atoms with Gasteiger partial charge in [-0.05, 0) is 44.3 Å². The van der Waals surface area contributed by atoms with Crippen LogP contribution in [0.3, 0.4) is 0 Å². The van der Waals surface area contributed by atoms with E-state index in [2.05, 4.69) is 48.3 Å². The highest BCUT2D eigenvalue weighted by Crippen LogP contribution is 2.48. The average molecular weight is 365 g/mol. The number of benzene rings is 2. The van der Waals surface area contributed by atoms with E-state index < -0.39 is 5.41 Å². The van der Waals surface area contributed by atoms with Crippen molar-refractivity contribution in [2.75, 3.05) is 52.0 Å². The van der Waals surface area contributed by atoms with E-state index in [-0.39, 0.29) is 5.91 Å². The van der Waals surface area contributed by atoms with Gasteiger partial charge in [-0.2, -0.15) is 0 Å². The summed E-state index contributed by atoms with van der Waals surface area (Å²) in [6.07, 6.45) is 0.751. The number of anilines is 1. The number of hydrazine groups is 1. The predicted molar refractivity (Wildman–Crippen MR) is 107 cm³/mol. The maximum atomic E-state index is 14.0. The van der Waals surface area contributed by atoms with Crippen LogP contribution in [0.1, 0.15) is 17.5 Å². The van der Waals surface area contributed by atoms with Crippen molar-refractivity contribution >= 4 is 11.6 Å². The number of rotatable bonds is 5. The molecule has 5 heteroatoms. The molecular formula is C22H27N3O2. The van der Waals surface area contributed by atoms with E-state index in [9.17, 15) is 4.79 Å². The van der Waals surface area contributed by atoms with Crippen molar-refractivity contribution in [3.63, 3.8) is 0 Å². The standard InChI is InChI=1S/C22H27N3O2/c1-23(2)13-12-22(18-8-4-3-5-9-18)19-10-6-7-11-20(19)25(21(22)26)24-14-16-27-17-15-24/h3-11H,12-17H2,1-2H3. The Balaban J connectivity index is 1.86. The summed E-state index contributed by atoms with van der Waals surface area (Å²) in [4.78, 5) is 16.2. The summed E-state index contributed by atoms with van der Waals surface area (Å²) in [5, 5.41) is 4.06. The number of ether oxygens (including phenoxy) is 1. The van der Waals surface area contributed by atoms with Crippen molar-refractivity contribution in [2.45, 2.75) is 11.8 Å². The molecule has 0 aromatic heterocycles. The number of hydrogen-bond donors (Lipinski definition) is 0. The molecule has 2 aromatic rings. The Morgan fingerprint density at radius 2 is 1.67 bits per heavy atom. The third kappa shape index (κ3) is 3.06. The van der Waals surface area contributed by atoms with Crippen LogP contribution < -0.4 is 5.01 Å². The molecule has 2 aliphatic heterocycles. The molecular weight excluding hydrogens is 338 g/mol. The second-order valence-corrected chi connectivity index (χ2v) is 7.52. The first-order valence-corrected chi connectivity index (χ1v) is 9.61. The molecule has 0 saturated carbocycles. The van der Waals surface area contributed by atoms with Crippen LogP contribution in [-0.4, -0.2) is 62.8 Å². The van der Waals surface area contributed by atoms with Crippen molar-refractivity contribution in [3.8, 4) is 0 Å². The summed E-state index contributed by atoms with van der Waals surface area (Å²) in [7, 11) is 4.12. The minimum Gasteiger partial charge on any atom is -0.379 e. The van der Waals surface area contributed by atoms with Gasteiger partial charge in [0.05, 0.1) is 18.9 Å². The van der Waals surface area contributed by atoms with Gasteiger partial charge in [-0.3, -0.25) is 4.79 Å². The Morgan fingerprint density at radius 3 is 2.37 bits per heavy atom. The van der Waals surface area contributed by atoms with Crippen LogP contribution in [0, 0.1) is 0 Å². The molecule has 2 heterocycles. The fourth-order valence-electron chi connectivity index (χ4n) is 4.24. The Morgan fingerprint density at radius 1 is 1.00 bits per heavy atom. The largest absolute Gasteiger partial charge is 0.379 e. The van der Waals surface area contributed by atoms with Crippen LogP contribution in [0.5, 0.6) is 0 Å². The first kappa shape index (κ1) is 18.2. The van der Waals surface area contributed by atoms with Crippen molar-refractivity contribution in [1.82, 2.24) is 9.91 Å². The van der Waals surface area contributed by atoms with Gasteiger partial charge in [-0.1, -0.05) is 48.5 Å². The SMILES string of the molecule is CN(C)CCC1(c2ccccc2)C(=O)N(N2CCOCC2)c2ccccc21. The van der Waals surface area contributed by atoms with E-state index in [1.165, 1.54) is 0 Å². The molecule has 4 rings (SSSR count). The van der Waals surface area contributed by atoms with E-state index in [0.29, 0.717) is 13.2 Å². The molecule has 1 saturated heterocycles. The number of nitrogens with zero attached hydrogens (tertiary/aromatic N) is 3. The molecule has 1 unspecified atom stereocenters. The second-order valence-electron chi connectivity index (χ2n) is 7.52. The normalized spacial score (nSPS) is 23.1. The summed E-state index contributed by atoms with van der Waals surface area (Å²) in [6.45, 7) is 3.62. The van der Waals surface area contributed by atoms with Crippen LogP contribution in [0.15, 0.2) is 54.6 Å². The van der Waals surface area contributed by atoms with Crippen LogP contribution in [0.4, 0.5) is 5.69 Å². The average Bonchev–Trinajstić information content (AvgIpc) is 2.96. The minimum atomic E-state index is -0.652. The number of fused-ring (bicyclic) bond motifs is 1. The third-order valence-electron chi connectivity index (χ3n) is 5.62. The van der Waals surface area contributed by atoms with Gasteiger partial charge < -0.3 is 9.64 Å². The molecule has 0 bridgehead atoms. The van der Waals surface area contributed by atoms with Crippen LogP contribution in [0.25, 0.3) is 0 Å². The van der Waals surface area contributed by atoms with Crippen LogP contribution in [0.2, 0.25) is 0 Å². The third-order valence-corrected chi connectivity index (χ3v) is 5.62. The number of para-hydroxylation sites is 1. The first-order valence-electron chi connectivity index (χ1n) is 9.61. The molecule has 142 valence electrons. The minimum absolute atomic E-state index is 0.152. The smallest absolute Gasteiger partial charge is 0.256 e. The highest BCUT2D eigenvalue weighted by atomic mass is 16.5. The number of carbonyl (C=O) groups is 1. The molecule has 0 radical (unpaired) electrons. The van der Waals surface area contributed by atoms with E-state index in [1.54, 1.807) is 0 Å². The van der Waals surface area contributed by atoms with Crippen LogP contribution >= 0.6 is 0 Å². The molecule has 27 heavy (non-hydrogen) atoms. The van der Waals surface area contributed by atoms with Gasteiger partial charge in [0.2, 0.25) is 0 Å². The topological polar surface area (TPSA) is 36.0 Å². The monoisotopic (exact) mass is 365 g/mol. The zero-order valence-electron chi connectivity index (χ0n) is 16.1. The van der Waals surface area contributed by atoms with Gasteiger partial charge in [0.1, 0.15) is 5.41 Å². The molecule has 0 spiro atoms. The first-order chi connectivity index (χ1) is 13.1. The van der Waals surface area contributed by atoms with Gasteiger partial charge in [0, 0.05) is 13.1 Å². The Kier molecular flexibility index (Phi) is 5.00. The number of carbonyl (C=O) groups excluding carboxylic acids is 1. The lowest BCUT2D eigenvalue weighted by atomic mass is 9.73. The quantitative estimate of drug-likeness (QED) is 0.816. The van der Waals surface area contributed by atoms with Gasteiger partial charge in [0.25, 0.3) is 5.91 Å². The lowest BCUT2D eigenvalue weighted by molar-refractivity contribution is -0.126. The summed E-state index contributed by atoms with van der Waals surface area (Å²) < 4.78 is 5.51.